The van der Waals surface area contributed by atoms with Gasteiger partial charge in [0.25, 0.3) is 5.56 Å². The average Bonchev–Trinajstić information content (AvgIpc) is 2.82. The summed E-state index contributed by atoms with van der Waals surface area (Å²) in [6.07, 6.45) is 2.81. The summed E-state index contributed by atoms with van der Waals surface area (Å²) < 4.78 is 20.7. The molecule has 0 atom stereocenters. The van der Waals surface area contributed by atoms with Gasteiger partial charge < -0.3 is 9.84 Å². The second-order valence-corrected chi connectivity index (χ2v) is 9.48. The minimum Gasteiger partial charge on any atom is -0.486 e. The Morgan fingerprint density at radius 2 is 1.86 bits per heavy atom. The van der Waals surface area contributed by atoms with Gasteiger partial charge in [0.15, 0.2) is 0 Å². The maximum atomic E-state index is 13.4. The fourth-order valence-electron chi connectivity index (χ4n) is 3.54. The van der Waals surface area contributed by atoms with Crippen molar-refractivity contribution in [2.45, 2.75) is 39.9 Å². The minimum atomic E-state index is -1.10. The van der Waals surface area contributed by atoms with Gasteiger partial charge in [-0.1, -0.05) is 6.07 Å². The van der Waals surface area contributed by atoms with E-state index in [-0.39, 0.29) is 16.6 Å². The fourth-order valence-corrected chi connectivity index (χ4v) is 3.95. The van der Waals surface area contributed by atoms with Gasteiger partial charge in [-0.25, -0.2) is 9.37 Å². The first kappa shape index (κ1) is 24.7. The van der Waals surface area contributed by atoms with Crippen LogP contribution in [0.2, 0.25) is 0 Å². The van der Waals surface area contributed by atoms with Gasteiger partial charge in [0.2, 0.25) is 0 Å². The Balaban J connectivity index is 1.72. The molecule has 0 aliphatic carbocycles. The van der Waals surface area contributed by atoms with Crippen molar-refractivity contribution in [3.05, 3.63) is 98.1 Å². The third-order valence-electron chi connectivity index (χ3n) is 5.42. The topological polar surface area (TPSA) is 90.1 Å². The first-order valence-electron chi connectivity index (χ1n) is 10.9. The molecule has 1 N–H and O–H groups in total. The molecule has 0 unspecified atom stereocenters. The summed E-state index contributed by atoms with van der Waals surface area (Å²) in [6, 6.07) is 11.8. The molecule has 4 rings (SSSR count). The fraction of sp³-hybridized carbons (Fsp3) is 0.231. The Bertz CT molecular complexity index is 1450. The smallest absolute Gasteiger partial charge is 0.273 e. The predicted octanol–water partition coefficient (Wildman–Crippen LogP) is 5.01. The Labute approximate surface area is 210 Å². The van der Waals surface area contributed by atoms with E-state index in [0.29, 0.717) is 39.9 Å². The van der Waals surface area contributed by atoms with Gasteiger partial charge in [-0.2, -0.15) is 0 Å². The maximum Gasteiger partial charge on any atom is 0.273 e. The molecule has 0 bridgehead atoms. The lowest BCUT2D eigenvalue weighted by Gasteiger charge is -2.18. The summed E-state index contributed by atoms with van der Waals surface area (Å²) in [5.74, 6) is -0.0659. The molecular formula is C26H24BrFN4O3. The average molecular weight is 539 g/mol. The first-order valence-corrected chi connectivity index (χ1v) is 11.7. The quantitative estimate of drug-likeness (QED) is 0.371. The number of hydrogen-bond acceptors (Lipinski definition) is 6. The van der Waals surface area contributed by atoms with Crippen LogP contribution in [0.25, 0.3) is 17.1 Å². The van der Waals surface area contributed by atoms with Gasteiger partial charge in [0.1, 0.15) is 28.2 Å². The zero-order valence-electron chi connectivity index (χ0n) is 19.7. The number of pyridine rings is 4. The van der Waals surface area contributed by atoms with E-state index >= 15 is 0 Å². The lowest BCUT2D eigenvalue weighted by molar-refractivity contribution is 0.0740. The van der Waals surface area contributed by atoms with Gasteiger partial charge in [-0.3, -0.25) is 19.3 Å². The molecule has 0 aromatic carbocycles. The minimum absolute atomic E-state index is 0.0867. The third-order valence-corrected chi connectivity index (χ3v) is 6.15. The number of ether oxygens (including phenoxy) is 1. The zero-order valence-corrected chi connectivity index (χ0v) is 21.3. The van der Waals surface area contributed by atoms with Crippen molar-refractivity contribution in [1.82, 2.24) is 19.5 Å². The summed E-state index contributed by atoms with van der Waals surface area (Å²) in [6.45, 7) is 7.11. The van der Waals surface area contributed by atoms with Crippen LogP contribution in [0.5, 0.6) is 5.75 Å². The second kappa shape index (κ2) is 9.67. The van der Waals surface area contributed by atoms with Crippen molar-refractivity contribution in [1.29, 1.82) is 0 Å². The van der Waals surface area contributed by atoms with E-state index in [1.807, 2.05) is 26.0 Å². The molecule has 0 radical (unpaired) electrons. The molecule has 9 heteroatoms. The lowest BCUT2D eigenvalue weighted by Crippen LogP contribution is -2.23. The van der Waals surface area contributed by atoms with Crippen molar-refractivity contribution >= 4 is 15.9 Å². The first-order chi connectivity index (χ1) is 16.5. The highest BCUT2D eigenvalue weighted by Gasteiger charge is 2.20. The van der Waals surface area contributed by atoms with Crippen LogP contribution >= 0.6 is 15.9 Å². The number of nitrogens with zero attached hydrogens (tertiary/aromatic N) is 4. The molecule has 35 heavy (non-hydrogen) atoms. The van der Waals surface area contributed by atoms with Crippen molar-refractivity contribution in [3.63, 3.8) is 0 Å². The summed E-state index contributed by atoms with van der Waals surface area (Å²) in [7, 11) is 0. The van der Waals surface area contributed by atoms with E-state index in [4.69, 9.17) is 4.74 Å². The zero-order chi connectivity index (χ0) is 25.3. The van der Waals surface area contributed by atoms with Gasteiger partial charge in [-0.05, 0) is 79.5 Å². The van der Waals surface area contributed by atoms with E-state index in [0.717, 1.165) is 11.8 Å². The highest BCUT2D eigenvalue weighted by molar-refractivity contribution is 9.10. The van der Waals surface area contributed by atoms with Gasteiger partial charge in [-0.15, -0.1) is 0 Å². The summed E-state index contributed by atoms with van der Waals surface area (Å²) >= 11 is 3.37. The van der Waals surface area contributed by atoms with Crippen molar-refractivity contribution in [3.8, 4) is 22.8 Å². The highest BCUT2D eigenvalue weighted by Crippen LogP contribution is 2.28. The molecule has 0 aliphatic heterocycles. The molecule has 4 aromatic rings. The maximum absolute atomic E-state index is 13.4. The van der Waals surface area contributed by atoms with Crippen LogP contribution in [0.3, 0.4) is 0 Å². The van der Waals surface area contributed by atoms with Crippen molar-refractivity contribution in [2.24, 2.45) is 0 Å². The second-order valence-electron chi connectivity index (χ2n) is 8.68. The highest BCUT2D eigenvalue weighted by atomic mass is 79.9. The molecule has 4 aromatic heterocycles. The van der Waals surface area contributed by atoms with Crippen molar-refractivity contribution in [2.75, 3.05) is 0 Å². The predicted molar refractivity (Wildman–Crippen MR) is 134 cm³/mol. The van der Waals surface area contributed by atoms with Crippen LogP contribution < -0.4 is 10.3 Å². The number of hydrogen-bond donors (Lipinski definition) is 1. The Hall–Kier alpha value is -3.43. The monoisotopic (exact) mass is 538 g/mol. The largest absolute Gasteiger partial charge is 0.486 e. The Morgan fingerprint density at radius 1 is 1.09 bits per heavy atom. The number of aromatic nitrogens is 4. The third kappa shape index (κ3) is 5.31. The summed E-state index contributed by atoms with van der Waals surface area (Å²) in [4.78, 5) is 26.4. The van der Waals surface area contributed by atoms with Gasteiger partial charge in [0, 0.05) is 18.0 Å². The van der Waals surface area contributed by atoms with E-state index in [2.05, 4.69) is 30.9 Å². The number of aryl methyl sites for hydroxylation is 2. The van der Waals surface area contributed by atoms with Crippen LogP contribution in [0.1, 0.15) is 36.5 Å². The molecule has 0 aliphatic rings. The molecule has 4 heterocycles. The van der Waals surface area contributed by atoms with Gasteiger partial charge >= 0.3 is 0 Å². The molecule has 180 valence electrons. The SMILES string of the molecule is Cc1cnc(-c2cccc(C(C)(C)O)n2)cc1-n1c(C)cc(OCc2ccc(F)cn2)c(Br)c1=O. The standard InChI is InChI=1S/C26H24BrFN4O3/c1-15-12-30-20(19-6-5-7-23(31-19)26(3,4)34)11-21(15)32-16(2)10-22(24(27)25(32)33)35-14-18-9-8-17(28)13-29-18/h5-13,34H,14H2,1-4H3. The normalized spacial score (nSPS) is 11.5. The Kier molecular flexibility index (Phi) is 6.82. The number of aliphatic hydroxyl groups is 1. The molecular weight excluding hydrogens is 515 g/mol. The number of rotatable bonds is 6. The van der Waals surface area contributed by atoms with Crippen molar-refractivity contribution < 1.29 is 14.2 Å². The molecule has 0 amide bonds. The van der Waals surface area contributed by atoms with Crippen LogP contribution in [0, 0.1) is 19.7 Å². The van der Waals surface area contributed by atoms with E-state index in [1.54, 1.807) is 42.8 Å². The summed E-state index contributed by atoms with van der Waals surface area (Å²) in [5, 5.41) is 10.3. The number of halogens is 2. The molecule has 0 fully saturated rings. The summed E-state index contributed by atoms with van der Waals surface area (Å²) in [5.41, 5.74) is 2.92. The lowest BCUT2D eigenvalue weighted by atomic mass is 10.0. The van der Waals surface area contributed by atoms with Crippen LogP contribution in [-0.2, 0) is 12.2 Å². The van der Waals surface area contributed by atoms with Crippen LogP contribution in [0.4, 0.5) is 4.39 Å². The molecule has 0 spiro atoms. The van der Waals surface area contributed by atoms with Gasteiger partial charge in [0.05, 0.1) is 34.7 Å². The molecule has 7 nitrogen and oxygen atoms in total. The van der Waals surface area contributed by atoms with E-state index in [9.17, 15) is 14.3 Å². The Morgan fingerprint density at radius 3 is 2.54 bits per heavy atom. The molecule has 0 saturated heterocycles. The van der Waals surface area contributed by atoms with E-state index < -0.39 is 11.4 Å². The van der Waals surface area contributed by atoms with Crippen LogP contribution in [-0.4, -0.2) is 24.6 Å². The molecule has 0 saturated carbocycles. The van der Waals surface area contributed by atoms with E-state index in [1.165, 1.54) is 12.1 Å². The van der Waals surface area contributed by atoms with Crippen LogP contribution in [0.15, 0.2) is 64.1 Å².